The number of piperidine rings is 1. The Kier molecular flexibility index (Phi) is 2.90. The van der Waals surface area contributed by atoms with E-state index in [2.05, 4.69) is 10.6 Å². The van der Waals surface area contributed by atoms with E-state index < -0.39 is 0 Å². The van der Waals surface area contributed by atoms with Gasteiger partial charge in [0.05, 0.1) is 12.0 Å². The molecule has 0 radical (unpaired) electrons. The van der Waals surface area contributed by atoms with E-state index in [1.165, 1.54) is 0 Å². The van der Waals surface area contributed by atoms with E-state index in [1.807, 2.05) is 0 Å². The normalized spacial score (nSPS) is 35.3. The third-order valence-corrected chi connectivity index (χ3v) is 3.10. The van der Waals surface area contributed by atoms with Crippen molar-refractivity contribution in [3.63, 3.8) is 0 Å². The highest BCUT2D eigenvalue weighted by Gasteiger charge is 2.31. The smallest absolute Gasteiger partial charge is 0.225 e. The Morgan fingerprint density at radius 1 is 1.47 bits per heavy atom. The van der Waals surface area contributed by atoms with E-state index >= 15 is 0 Å². The molecular weight excluding hydrogens is 196 g/mol. The maximum Gasteiger partial charge on any atom is 0.225 e. The molecule has 2 rings (SSSR count). The summed E-state index contributed by atoms with van der Waals surface area (Å²) in [5, 5.41) is 14.6. The monoisotopic (exact) mass is 212 g/mol. The molecule has 1 unspecified atom stereocenters. The fourth-order valence-electron chi connectivity index (χ4n) is 1.98. The van der Waals surface area contributed by atoms with Gasteiger partial charge in [-0.05, 0) is 19.3 Å². The van der Waals surface area contributed by atoms with E-state index in [1.54, 1.807) is 0 Å². The molecule has 1 aliphatic carbocycles. The van der Waals surface area contributed by atoms with Crippen LogP contribution >= 0.6 is 0 Å². The molecule has 2 aliphatic rings. The lowest BCUT2D eigenvalue weighted by molar-refractivity contribution is -0.130. The van der Waals surface area contributed by atoms with Crippen molar-refractivity contribution >= 4 is 11.8 Å². The van der Waals surface area contributed by atoms with Gasteiger partial charge in [0.2, 0.25) is 11.8 Å². The minimum Gasteiger partial charge on any atom is -0.393 e. The van der Waals surface area contributed by atoms with E-state index in [9.17, 15) is 9.59 Å². The summed E-state index contributed by atoms with van der Waals surface area (Å²) >= 11 is 0. The van der Waals surface area contributed by atoms with E-state index in [0.717, 1.165) is 0 Å². The second kappa shape index (κ2) is 4.18. The van der Waals surface area contributed by atoms with Gasteiger partial charge in [0.25, 0.3) is 0 Å². The molecule has 1 saturated heterocycles. The van der Waals surface area contributed by atoms with Gasteiger partial charge in [0.15, 0.2) is 0 Å². The fraction of sp³-hybridized carbons (Fsp3) is 0.800. The van der Waals surface area contributed by atoms with Crippen molar-refractivity contribution in [3.8, 4) is 0 Å². The first kappa shape index (κ1) is 10.4. The Morgan fingerprint density at radius 2 is 2.20 bits per heavy atom. The van der Waals surface area contributed by atoms with Gasteiger partial charge < -0.3 is 15.7 Å². The second-order valence-corrected chi connectivity index (χ2v) is 4.37. The summed E-state index contributed by atoms with van der Waals surface area (Å²) < 4.78 is 0. The van der Waals surface area contributed by atoms with E-state index in [-0.39, 0.29) is 29.9 Å². The summed E-state index contributed by atoms with van der Waals surface area (Å²) in [6.07, 6.45) is 2.13. The molecule has 1 atom stereocenters. The molecule has 0 bridgehead atoms. The maximum absolute atomic E-state index is 11.7. The zero-order chi connectivity index (χ0) is 10.8. The van der Waals surface area contributed by atoms with Gasteiger partial charge >= 0.3 is 0 Å². The van der Waals surface area contributed by atoms with Crippen LogP contribution in [0.15, 0.2) is 0 Å². The molecule has 1 saturated carbocycles. The first-order valence-electron chi connectivity index (χ1n) is 5.40. The van der Waals surface area contributed by atoms with Crippen molar-refractivity contribution < 1.29 is 14.7 Å². The number of carbonyl (C=O) groups is 2. The molecule has 0 aromatic rings. The van der Waals surface area contributed by atoms with Gasteiger partial charge in [-0.25, -0.2) is 0 Å². The van der Waals surface area contributed by atoms with Crippen LogP contribution in [0.25, 0.3) is 0 Å². The molecule has 0 spiro atoms. The Bertz CT molecular complexity index is 264. The Balaban J connectivity index is 1.74. The van der Waals surface area contributed by atoms with Crippen molar-refractivity contribution in [2.24, 2.45) is 5.92 Å². The number of aliphatic hydroxyl groups is 1. The summed E-state index contributed by atoms with van der Waals surface area (Å²) in [5.41, 5.74) is 0. The predicted octanol–water partition coefficient (Wildman–Crippen LogP) is -0.848. The van der Waals surface area contributed by atoms with Gasteiger partial charge in [-0.2, -0.15) is 0 Å². The Hall–Kier alpha value is -1.10. The highest BCUT2D eigenvalue weighted by Crippen LogP contribution is 2.20. The van der Waals surface area contributed by atoms with Gasteiger partial charge in [-0.1, -0.05) is 0 Å². The van der Waals surface area contributed by atoms with E-state index in [0.29, 0.717) is 32.2 Å². The van der Waals surface area contributed by atoms with Gasteiger partial charge in [0.1, 0.15) is 0 Å². The van der Waals surface area contributed by atoms with Crippen LogP contribution in [0.1, 0.15) is 25.7 Å². The third-order valence-electron chi connectivity index (χ3n) is 3.10. The van der Waals surface area contributed by atoms with Crippen LogP contribution in [0.3, 0.4) is 0 Å². The number of carbonyl (C=O) groups excluding carboxylic acids is 2. The quantitative estimate of drug-likeness (QED) is 0.558. The Labute approximate surface area is 88.2 Å². The standard InChI is InChI=1S/C10H16N2O3/c13-8-3-7(4-8)12-10(15)6-1-2-9(14)11-5-6/h6-8,13H,1-5H2,(H,11,14)(H,12,15). The summed E-state index contributed by atoms with van der Waals surface area (Å²) in [4.78, 5) is 22.6. The van der Waals surface area contributed by atoms with Gasteiger partial charge in [-0.15, -0.1) is 0 Å². The molecule has 1 aliphatic heterocycles. The number of hydrogen-bond donors (Lipinski definition) is 3. The highest BCUT2D eigenvalue weighted by molar-refractivity contribution is 5.83. The molecule has 0 aromatic carbocycles. The molecule has 1 heterocycles. The average molecular weight is 212 g/mol. The molecule has 2 fully saturated rings. The molecular formula is C10H16N2O3. The van der Waals surface area contributed by atoms with Crippen molar-refractivity contribution in [1.82, 2.24) is 10.6 Å². The molecule has 0 aromatic heterocycles. The van der Waals surface area contributed by atoms with Crippen LogP contribution in [0, 0.1) is 5.92 Å². The van der Waals surface area contributed by atoms with Crippen molar-refractivity contribution in [2.45, 2.75) is 37.8 Å². The Morgan fingerprint density at radius 3 is 2.73 bits per heavy atom. The number of aliphatic hydroxyl groups excluding tert-OH is 1. The zero-order valence-corrected chi connectivity index (χ0v) is 8.53. The van der Waals surface area contributed by atoms with Crippen LogP contribution in [0.5, 0.6) is 0 Å². The molecule has 3 N–H and O–H groups in total. The highest BCUT2D eigenvalue weighted by atomic mass is 16.3. The van der Waals surface area contributed by atoms with Crippen LogP contribution in [0.2, 0.25) is 0 Å². The van der Waals surface area contributed by atoms with Crippen molar-refractivity contribution in [1.29, 1.82) is 0 Å². The molecule has 2 amide bonds. The topological polar surface area (TPSA) is 78.4 Å². The third kappa shape index (κ3) is 2.47. The van der Waals surface area contributed by atoms with Crippen molar-refractivity contribution in [2.75, 3.05) is 6.54 Å². The number of amides is 2. The number of nitrogens with one attached hydrogen (secondary N) is 2. The summed E-state index contributed by atoms with van der Waals surface area (Å²) in [6, 6.07) is 0.130. The lowest BCUT2D eigenvalue weighted by Gasteiger charge is -2.33. The maximum atomic E-state index is 11.7. The molecule has 5 nitrogen and oxygen atoms in total. The molecule has 15 heavy (non-hydrogen) atoms. The molecule has 5 heteroatoms. The zero-order valence-electron chi connectivity index (χ0n) is 8.53. The minimum absolute atomic E-state index is 0.00639. The molecule has 84 valence electrons. The lowest BCUT2D eigenvalue weighted by Crippen LogP contribution is -2.51. The first-order valence-corrected chi connectivity index (χ1v) is 5.40. The predicted molar refractivity (Wildman–Crippen MR) is 52.9 cm³/mol. The minimum atomic E-state index is -0.249. The van der Waals surface area contributed by atoms with E-state index in [4.69, 9.17) is 5.11 Å². The van der Waals surface area contributed by atoms with Gasteiger partial charge in [-0.3, -0.25) is 9.59 Å². The van der Waals surface area contributed by atoms with Crippen molar-refractivity contribution in [3.05, 3.63) is 0 Å². The van der Waals surface area contributed by atoms with Crippen LogP contribution in [0.4, 0.5) is 0 Å². The average Bonchev–Trinajstić information content (AvgIpc) is 2.16. The van der Waals surface area contributed by atoms with Gasteiger partial charge in [0, 0.05) is 19.0 Å². The summed E-state index contributed by atoms with van der Waals surface area (Å²) in [6.45, 7) is 0.444. The number of hydrogen-bond acceptors (Lipinski definition) is 3. The SMILES string of the molecule is O=C1CCC(C(=O)NC2CC(O)C2)CN1. The van der Waals surface area contributed by atoms with Crippen LogP contribution < -0.4 is 10.6 Å². The lowest BCUT2D eigenvalue weighted by atomic mass is 9.88. The fourth-order valence-corrected chi connectivity index (χ4v) is 1.98. The second-order valence-electron chi connectivity index (χ2n) is 4.37. The van der Waals surface area contributed by atoms with Crippen LogP contribution in [-0.4, -0.2) is 35.6 Å². The first-order chi connectivity index (χ1) is 7.15. The van der Waals surface area contributed by atoms with Crippen LogP contribution in [-0.2, 0) is 9.59 Å². The summed E-state index contributed by atoms with van der Waals surface area (Å²) in [7, 11) is 0. The number of rotatable bonds is 2. The summed E-state index contributed by atoms with van der Waals surface area (Å²) in [5.74, 6) is -0.0644. The largest absolute Gasteiger partial charge is 0.393 e.